The smallest absolute Gasteiger partial charge is 0.272 e. The number of nitriles is 1. The number of amides is 1. The van der Waals surface area contributed by atoms with Crippen molar-refractivity contribution in [2.75, 3.05) is 31.6 Å². The van der Waals surface area contributed by atoms with Gasteiger partial charge in [0, 0.05) is 43.0 Å². The minimum absolute atomic E-state index is 0.110. The molecule has 2 fully saturated rings. The van der Waals surface area contributed by atoms with E-state index in [2.05, 4.69) is 5.10 Å². The monoisotopic (exact) mass is 487 g/mol. The lowest BCUT2D eigenvalue weighted by Gasteiger charge is -2.37. The number of likely N-dealkylation sites (N-methyl/N-ethyl adjacent to an activating group) is 1. The summed E-state index contributed by atoms with van der Waals surface area (Å²) in [6, 6.07) is 6.76. The van der Waals surface area contributed by atoms with Gasteiger partial charge in [0.2, 0.25) is 5.95 Å². The Morgan fingerprint density at radius 1 is 1.19 bits per heavy atom. The fraction of sp³-hybridized carbons (Fsp3) is 0.423. The fourth-order valence-electron chi connectivity index (χ4n) is 4.95. The predicted octanol–water partition coefficient (Wildman–Crippen LogP) is 3.28. The molecule has 0 spiro atoms. The lowest BCUT2D eigenvalue weighted by atomic mass is 9.97. The standard InChI is InChI=1S/C26H26FN7O2/c1-15-12-33(14-22(36-15)17-11-29-34(13-17)18-4-5-18)26-30-23(19-6-3-16(10-28)9-21(19)27)20-7-8-32(2)25(35)24(20)31-26/h3,6,9,11,13,15,18,22H,4-5,7-8,12,14H2,1-2H3/t15-,22-/m1/s1. The number of anilines is 1. The lowest BCUT2D eigenvalue weighted by Crippen LogP contribution is -2.44. The molecular weight excluding hydrogens is 461 g/mol. The Morgan fingerprint density at radius 2 is 2.00 bits per heavy atom. The van der Waals surface area contributed by atoms with Crippen LogP contribution in [0.5, 0.6) is 0 Å². The van der Waals surface area contributed by atoms with Crippen LogP contribution in [0.25, 0.3) is 11.3 Å². The van der Waals surface area contributed by atoms with Gasteiger partial charge < -0.3 is 14.5 Å². The maximum atomic E-state index is 15.1. The number of carbonyl (C=O) groups is 1. The average molecular weight is 488 g/mol. The molecule has 2 aromatic heterocycles. The second-order valence-corrected chi connectivity index (χ2v) is 9.81. The highest BCUT2D eigenvalue weighted by molar-refractivity contribution is 5.96. The molecule has 2 aliphatic heterocycles. The number of morpholine rings is 1. The minimum atomic E-state index is -0.548. The van der Waals surface area contributed by atoms with Crippen LogP contribution in [0.4, 0.5) is 10.3 Å². The molecule has 3 aromatic rings. The Kier molecular flexibility index (Phi) is 5.45. The number of ether oxygens (including phenoxy) is 1. The minimum Gasteiger partial charge on any atom is -0.367 e. The van der Waals surface area contributed by atoms with Crippen LogP contribution in [0.15, 0.2) is 30.6 Å². The molecule has 36 heavy (non-hydrogen) atoms. The van der Waals surface area contributed by atoms with Crippen LogP contribution in [-0.2, 0) is 11.2 Å². The zero-order valence-corrected chi connectivity index (χ0v) is 20.2. The van der Waals surface area contributed by atoms with Crippen molar-refractivity contribution in [3.8, 4) is 17.3 Å². The molecule has 0 radical (unpaired) electrons. The van der Waals surface area contributed by atoms with E-state index < -0.39 is 5.82 Å². The van der Waals surface area contributed by atoms with Gasteiger partial charge in [0.05, 0.1) is 42.2 Å². The van der Waals surface area contributed by atoms with E-state index in [1.807, 2.05) is 35.0 Å². The molecule has 10 heteroatoms. The van der Waals surface area contributed by atoms with Crippen molar-refractivity contribution < 1.29 is 13.9 Å². The molecule has 0 unspecified atom stereocenters. The third-order valence-electron chi connectivity index (χ3n) is 7.05. The van der Waals surface area contributed by atoms with E-state index in [4.69, 9.17) is 20.0 Å². The van der Waals surface area contributed by atoms with Crippen molar-refractivity contribution in [2.24, 2.45) is 0 Å². The van der Waals surface area contributed by atoms with E-state index in [1.54, 1.807) is 24.1 Å². The number of halogens is 1. The van der Waals surface area contributed by atoms with E-state index in [-0.39, 0.29) is 29.2 Å². The summed E-state index contributed by atoms with van der Waals surface area (Å²) in [6.07, 6.45) is 6.38. The molecule has 6 rings (SSSR count). The van der Waals surface area contributed by atoms with Gasteiger partial charge in [-0.25, -0.2) is 14.4 Å². The molecule has 1 aromatic carbocycles. The Labute approximate surface area is 208 Å². The van der Waals surface area contributed by atoms with E-state index in [0.717, 1.165) is 18.4 Å². The van der Waals surface area contributed by atoms with Gasteiger partial charge in [0.1, 0.15) is 17.6 Å². The number of aromatic nitrogens is 4. The van der Waals surface area contributed by atoms with Crippen molar-refractivity contribution in [3.63, 3.8) is 0 Å². The van der Waals surface area contributed by atoms with Crippen LogP contribution in [0.1, 0.15) is 59.1 Å². The number of rotatable bonds is 4. The number of hydrogen-bond donors (Lipinski definition) is 0. The molecular formula is C26H26FN7O2. The predicted molar refractivity (Wildman–Crippen MR) is 129 cm³/mol. The number of hydrogen-bond acceptors (Lipinski definition) is 7. The van der Waals surface area contributed by atoms with Gasteiger partial charge >= 0.3 is 0 Å². The van der Waals surface area contributed by atoms with Gasteiger partial charge in [-0.15, -0.1) is 0 Å². The highest BCUT2D eigenvalue weighted by atomic mass is 19.1. The molecule has 184 valence electrons. The molecule has 3 aliphatic rings. The van der Waals surface area contributed by atoms with Gasteiger partial charge in [-0.2, -0.15) is 10.4 Å². The molecule has 2 atom stereocenters. The SMILES string of the molecule is C[C@@H]1CN(c2nc3c(c(-c4ccc(C#N)cc4F)n2)CCN(C)C3=O)C[C@H](c2cnn(C3CC3)c2)O1. The van der Waals surface area contributed by atoms with Gasteiger partial charge in [0.15, 0.2) is 0 Å². The van der Waals surface area contributed by atoms with Crippen LogP contribution in [0, 0.1) is 17.1 Å². The summed E-state index contributed by atoms with van der Waals surface area (Å²) >= 11 is 0. The molecule has 1 saturated heterocycles. The second-order valence-electron chi connectivity index (χ2n) is 9.81. The summed E-state index contributed by atoms with van der Waals surface area (Å²) in [5.74, 6) is -0.391. The summed E-state index contributed by atoms with van der Waals surface area (Å²) in [7, 11) is 1.74. The van der Waals surface area contributed by atoms with Gasteiger partial charge in [-0.1, -0.05) is 0 Å². The number of fused-ring (bicyclic) bond motifs is 1. The first-order chi connectivity index (χ1) is 17.4. The van der Waals surface area contributed by atoms with E-state index >= 15 is 4.39 Å². The number of benzene rings is 1. The lowest BCUT2D eigenvalue weighted by molar-refractivity contribution is -0.0179. The number of nitrogens with zero attached hydrogens (tertiary/aromatic N) is 7. The molecule has 4 heterocycles. The Balaban J connectivity index is 1.41. The van der Waals surface area contributed by atoms with Crippen molar-refractivity contribution in [3.05, 3.63) is 58.8 Å². The quantitative estimate of drug-likeness (QED) is 0.557. The van der Waals surface area contributed by atoms with E-state index in [9.17, 15) is 4.79 Å². The maximum absolute atomic E-state index is 15.1. The van der Waals surface area contributed by atoms with Gasteiger partial charge in [-0.05, 0) is 44.4 Å². The van der Waals surface area contributed by atoms with Crippen LogP contribution in [-0.4, -0.2) is 63.3 Å². The first-order valence-corrected chi connectivity index (χ1v) is 12.2. The highest BCUT2D eigenvalue weighted by Crippen LogP contribution is 2.36. The summed E-state index contributed by atoms with van der Waals surface area (Å²) in [5, 5.41) is 13.7. The Morgan fingerprint density at radius 3 is 2.75 bits per heavy atom. The van der Waals surface area contributed by atoms with Crippen molar-refractivity contribution in [1.29, 1.82) is 5.26 Å². The number of carbonyl (C=O) groups excluding carboxylic acids is 1. The van der Waals surface area contributed by atoms with Gasteiger partial charge in [-0.3, -0.25) is 9.48 Å². The summed E-state index contributed by atoms with van der Waals surface area (Å²) in [5.41, 5.74) is 2.81. The third kappa shape index (κ3) is 3.99. The third-order valence-corrected chi connectivity index (χ3v) is 7.05. The van der Waals surface area contributed by atoms with E-state index in [0.29, 0.717) is 55.0 Å². The molecule has 0 bridgehead atoms. The van der Waals surface area contributed by atoms with Crippen molar-refractivity contribution in [2.45, 2.75) is 44.4 Å². The van der Waals surface area contributed by atoms with Crippen molar-refractivity contribution in [1.82, 2.24) is 24.6 Å². The van der Waals surface area contributed by atoms with Crippen LogP contribution in [0.2, 0.25) is 0 Å². The summed E-state index contributed by atoms with van der Waals surface area (Å²) < 4.78 is 23.3. The Bertz CT molecular complexity index is 1390. The first kappa shape index (κ1) is 22.6. The molecule has 1 aliphatic carbocycles. The average Bonchev–Trinajstić information content (AvgIpc) is 3.61. The van der Waals surface area contributed by atoms with Gasteiger partial charge in [0.25, 0.3) is 5.91 Å². The summed E-state index contributed by atoms with van der Waals surface area (Å²) in [4.78, 5) is 26.2. The molecule has 1 amide bonds. The molecule has 9 nitrogen and oxygen atoms in total. The van der Waals surface area contributed by atoms with Crippen LogP contribution in [0.3, 0.4) is 0 Å². The molecule has 0 N–H and O–H groups in total. The zero-order valence-electron chi connectivity index (χ0n) is 20.2. The van der Waals surface area contributed by atoms with Crippen molar-refractivity contribution >= 4 is 11.9 Å². The summed E-state index contributed by atoms with van der Waals surface area (Å²) in [6.45, 7) is 3.51. The highest BCUT2D eigenvalue weighted by Gasteiger charge is 2.34. The zero-order chi connectivity index (χ0) is 25.0. The van der Waals surface area contributed by atoms with E-state index in [1.165, 1.54) is 6.07 Å². The fourth-order valence-corrected chi connectivity index (χ4v) is 4.95. The maximum Gasteiger partial charge on any atom is 0.272 e. The van der Waals surface area contributed by atoms with Crippen LogP contribution < -0.4 is 4.90 Å². The molecule has 1 saturated carbocycles. The normalized spacial score (nSPS) is 21.9. The largest absolute Gasteiger partial charge is 0.367 e. The Hall–Kier alpha value is -3.84. The first-order valence-electron chi connectivity index (χ1n) is 12.2. The second kappa shape index (κ2) is 8.68. The van der Waals surface area contributed by atoms with Crippen LogP contribution >= 0.6 is 0 Å². The topological polar surface area (TPSA) is 100 Å².